The van der Waals surface area contributed by atoms with Crippen LogP contribution in [-0.2, 0) is 4.79 Å². The van der Waals surface area contributed by atoms with Crippen molar-refractivity contribution in [3.8, 4) is 11.5 Å². The highest BCUT2D eigenvalue weighted by Gasteiger charge is 2.06. The van der Waals surface area contributed by atoms with E-state index in [1.807, 2.05) is 6.92 Å². The van der Waals surface area contributed by atoms with Crippen LogP contribution in [0.15, 0.2) is 42.5 Å². The maximum absolute atomic E-state index is 13.4. The van der Waals surface area contributed by atoms with E-state index in [2.05, 4.69) is 5.32 Å². The summed E-state index contributed by atoms with van der Waals surface area (Å²) in [5.74, 6) is 0.602. The van der Waals surface area contributed by atoms with Crippen LogP contribution in [0.3, 0.4) is 0 Å². The average Bonchev–Trinajstić information content (AvgIpc) is 2.51. The van der Waals surface area contributed by atoms with Gasteiger partial charge in [-0.05, 0) is 55.8 Å². The van der Waals surface area contributed by atoms with Crippen molar-refractivity contribution in [2.24, 2.45) is 0 Å². The molecule has 22 heavy (non-hydrogen) atoms. The van der Waals surface area contributed by atoms with Gasteiger partial charge in [0.15, 0.2) is 6.61 Å². The number of halogens is 1. The summed E-state index contributed by atoms with van der Waals surface area (Å²) < 4.78 is 24.1. The quantitative estimate of drug-likeness (QED) is 0.887. The number of benzene rings is 2. The highest BCUT2D eigenvalue weighted by Crippen LogP contribution is 2.18. The van der Waals surface area contributed by atoms with Gasteiger partial charge in [0.05, 0.1) is 6.61 Å². The second-order valence-electron chi connectivity index (χ2n) is 4.71. The van der Waals surface area contributed by atoms with Crippen LogP contribution in [0.2, 0.25) is 0 Å². The minimum absolute atomic E-state index is 0.149. The van der Waals surface area contributed by atoms with E-state index in [1.54, 1.807) is 43.3 Å². The molecule has 0 aliphatic heterocycles. The zero-order valence-electron chi connectivity index (χ0n) is 12.6. The molecule has 0 aliphatic rings. The zero-order valence-corrected chi connectivity index (χ0v) is 12.6. The van der Waals surface area contributed by atoms with Crippen molar-refractivity contribution >= 4 is 11.6 Å². The fourth-order valence-corrected chi connectivity index (χ4v) is 1.82. The normalized spacial score (nSPS) is 10.1. The molecule has 0 atom stereocenters. The number of nitrogens with one attached hydrogen (secondary N) is 1. The fraction of sp³-hybridized carbons (Fsp3) is 0.235. The molecule has 0 saturated carbocycles. The number of rotatable bonds is 6. The summed E-state index contributed by atoms with van der Waals surface area (Å²) in [6.45, 7) is 4.01. The van der Waals surface area contributed by atoms with Gasteiger partial charge in [0.2, 0.25) is 0 Å². The van der Waals surface area contributed by atoms with E-state index in [0.717, 1.165) is 5.75 Å². The molecule has 0 aromatic heterocycles. The average molecular weight is 303 g/mol. The van der Waals surface area contributed by atoms with E-state index in [1.165, 1.54) is 6.07 Å². The minimum Gasteiger partial charge on any atom is -0.494 e. The van der Waals surface area contributed by atoms with E-state index in [9.17, 15) is 9.18 Å². The second-order valence-corrected chi connectivity index (χ2v) is 4.71. The van der Waals surface area contributed by atoms with Gasteiger partial charge < -0.3 is 14.8 Å². The Kier molecular flexibility index (Phi) is 5.36. The molecule has 116 valence electrons. The number of carbonyl (C=O) groups is 1. The topological polar surface area (TPSA) is 47.6 Å². The molecule has 0 heterocycles. The van der Waals surface area contributed by atoms with E-state index >= 15 is 0 Å². The zero-order chi connectivity index (χ0) is 15.9. The molecule has 4 nitrogen and oxygen atoms in total. The summed E-state index contributed by atoms with van der Waals surface area (Å²) in [5, 5.41) is 2.58. The highest BCUT2D eigenvalue weighted by atomic mass is 19.1. The molecule has 2 aromatic rings. The fourth-order valence-electron chi connectivity index (χ4n) is 1.82. The van der Waals surface area contributed by atoms with Crippen LogP contribution in [0.5, 0.6) is 11.5 Å². The van der Waals surface area contributed by atoms with Gasteiger partial charge in [-0.2, -0.15) is 0 Å². The van der Waals surface area contributed by atoms with Crippen LogP contribution in [0, 0.1) is 12.7 Å². The summed E-state index contributed by atoms with van der Waals surface area (Å²) in [4.78, 5) is 11.8. The summed E-state index contributed by atoms with van der Waals surface area (Å²) in [5.41, 5.74) is 0.937. The van der Waals surface area contributed by atoms with Crippen LogP contribution in [0.25, 0.3) is 0 Å². The molecule has 0 unspecified atom stereocenters. The first-order chi connectivity index (χ1) is 10.6. The number of hydrogen-bond acceptors (Lipinski definition) is 3. The molecule has 1 N–H and O–H groups in total. The molecule has 2 rings (SSSR count). The van der Waals surface area contributed by atoms with Crippen LogP contribution >= 0.6 is 0 Å². The van der Waals surface area contributed by atoms with E-state index in [4.69, 9.17) is 9.47 Å². The lowest BCUT2D eigenvalue weighted by molar-refractivity contribution is -0.118. The summed E-state index contributed by atoms with van der Waals surface area (Å²) >= 11 is 0. The van der Waals surface area contributed by atoms with Gasteiger partial charge in [-0.1, -0.05) is 6.07 Å². The van der Waals surface area contributed by atoms with Crippen LogP contribution in [0.4, 0.5) is 10.1 Å². The summed E-state index contributed by atoms with van der Waals surface area (Å²) in [6.07, 6.45) is 0. The van der Waals surface area contributed by atoms with Crippen molar-refractivity contribution in [3.63, 3.8) is 0 Å². The maximum atomic E-state index is 13.4. The number of aryl methyl sites for hydroxylation is 1. The van der Waals surface area contributed by atoms with Gasteiger partial charge in [0.1, 0.15) is 17.3 Å². The molecular weight excluding hydrogens is 285 g/mol. The number of carbonyl (C=O) groups excluding carboxylic acids is 1. The van der Waals surface area contributed by atoms with Crippen molar-refractivity contribution < 1.29 is 18.7 Å². The maximum Gasteiger partial charge on any atom is 0.262 e. The smallest absolute Gasteiger partial charge is 0.262 e. The van der Waals surface area contributed by atoms with Crippen molar-refractivity contribution in [1.82, 2.24) is 0 Å². The van der Waals surface area contributed by atoms with Crippen molar-refractivity contribution in [2.75, 3.05) is 18.5 Å². The first-order valence-electron chi connectivity index (χ1n) is 7.00. The van der Waals surface area contributed by atoms with Crippen molar-refractivity contribution in [1.29, 1.82) is 0 Å². The van der Waals surface area contributed by atoms with E-state index < -0.39 is 0 Å². The first kappa shape index (κ1) is 15.8. The molecule has 5 heteroatoms. The molecule has 0 spiro atoms. The largest absolute Gasteiger partial charge is 0.494 e. The highest BCUT2D eigenvalue weighted by molar-refractivity contribution is 5.91. The summed E-state index contributed by atoms with van der Waals surface area (Å²) in [6, 6.07) is 11.5. The van der Waals surface area contributed by atoms with Crippen LogP contribution in [-0.4, -0.2) is 19.1 Å². The Morgan fingerprint density at radius 1 is 1.09 bits per heavy atom. The molecule has 0 saturated heterocycles. The Morgan fingerprint density at radius 2 is 1.73 bits per heavy atom. The van der Waals surface area contributed by atoms with Crippen LogP contribution < -0.4 is 14.8 Å². The van der Waals surface area contributed by atoms with Crippen LogP contribution in [0.1, 0.15) is 12.5 Å². The lowest BCUT2D eigenvalue weighted by Gasteiger charge is -2.09. The Hall–Kier alpha value is -2.56. The van der Waals surface area contributed by atoms with Gasteiger partial charge >= 0.3 is 0 Å². The second kappa shape index (κ2) is 7.45. The van der Waals surface area contributed by atoms with Gasteiger partial charge in [-0.15, -0.1) is 0 Å². The minimum atomic E-state index is -0.356. The lowest BCUT2D eigenvalue weighted by atomic mass is 10.2. The molecule has 2 aromatic carbocycles. The van der Waals surface area contributed by atoms with E-state index in [-0.39, 0.29) is 18.3 Å². The molecule has 0 radical (unpaired) electrons. The number of anilines is 1. The third-order valence-electron chi connectivity index (χ3n) is 2.96. The predicted octanol–water partition coefficient (Wildman–Crippen LogP) is 3.55. The standard InChI is InChI=1S/C17H18FNO3/c1-3-21-14-6-8-15(9-7-14)22-11-17(20)19-13-5-4-12(2)16(18)10-13/h4-10H,3,11H2,1-2H3,(H,19,20). The van der Waals surface area contributed by atoms with Gasteiger partial charge in [0.25, 0.3) is 5.91 Å². The Bertz CT molecular complexity index is 641. The van der Waals surface area contributed by atoms with Crippen molar-refractivity contribution in [2.45, 2.75) is 13.8 Å². The Labute approximate surface area is 128 Å². The Morgan fingerprint density at radius 3 is 2.32 bits per heavy atom. The molecule has 0 bridgehead atoms. The first-order valence-corrected chi connectivity index (χ1v) is 7.00. The number of amides is 1. The predicted molar refractivity (Wildman–Crippen MR) is 82.9 cm³/mol. The number of ether oxygens (including phenoxy) is 2. The lowest BCUT2D eigenvalue weighted by Crippen LogP contribution is -2.20. The summed E-state index contributed by atoms with van der Waals surface area (Å²) in [7, 11) is 0. The molecular formula is C17H18FNO3. The van der Waals surface area contributed by atoms with Gasteiger partial charge in [-0.25, -0.2) is 4.39 Å². The van der Waals surface area contributed by atoms with Gasteiger partial charge in [0, 0.05) is 5.69 Å². The SMILES string of the molecule is CCOc1ccc(OCC(=O)Nc2ccc(C)c(F)c2)cc1. The monoisotopic (exact) mass is 303 g/mol. The van der Waals surface area contributed by atoms with Crippen molar-refractivity contribution in [3.05, 3.63) is 53.8 Å². The van der Waals surface area contributed by atoms with E-state index in [0.29, 0.717) is 23.6 Å². The third-order valence-corrected chi connectivity index (χ3v) is 2.96. The Balaban J connectivity index is 1.85. The third kappa shape index (κ3) is 4.48. The number of hydrogen-bond donors (Lipinski definition) is 1. The molecule has 0 fully saturated rings. The van der Waals surface area contributed by atoms with Gasteiger partial charge in [-0.3, -0.25) is 4.79 Å². The molecule has 0 aliphatic carbocycles. The molecule has 1 amide bonds.